The van der Waals surface area contributed by atoms with Crippen LogP contribution in [0, 0.1) is 0 Å². The largest absolute Gasteiger partial charge is 0.497 e. The Balaban J connectivity index is 1.78. The molecule has 0 saturated carbocycles. The number of sulfonamides is 1. The van der Waals surface area contributed by atoms with E-state index in [-0.39, 0.29) is 24.5 Å². The normalized spacial score (nSPS) is 11.4. The Hall–Kier alpha value is -2.58. The van der Waals surface area contributed by atoms with Crippen LogP contribution in [-0.2, 0) is 27.9 Å². The van der Waals surface area contributed by atoms with Crippen molar-refractivity contribution in [3.63, 3.8) is 0 Å². The molecule has 0 radical (unpaired) electrons. The van der Waals surface area contributed by atoms with Crippen molar-refractivity contribution in [2.45, 2.75) is 18.0 Å². The summed E-state index contributed by atoms with van der Waals surface area (Å²) >= 11 is 11.9. The molecule has 3 aromatic rings. The third-order valence-electron chi connectivity index (χ3n) is 4.67. The lowest BCUT2D eigenvalue weighted by atomic mass is 10.2. The van der Waals surface area contributed by atoms with E-state index in [1.165, 1.54) is 24.3 Å². The van der Waals surface area contributed by atoms with E-state index in [0.717, 1.165) is 9.87 Å². The average Bonchev–Trinajstić information content (AvgIpc) is 2.78. The average molecular weight is 493 g/mol. The number of rotatable bonds is 9. The molecule has 0 aliphatic heterocycles. The third-order valence-corrected chi connectivity index (χ3v) is 6.96. The van der Waals surface area contributed by atoms with Gasteiger partial charge in [0.25, 0.3) is 0 Å². The van der Waals surface area contributed by atoms with Crippen LogP contribution in [0.1, 0.15) is 11.1 Å². The van der Waals surface area contributed by atoms with Gasteiger partial charge in [-0.1, -0.05) is 47.5 Å². The fraction of sp³-hybridized carbons (Fsp3) is 0.174. The van der Waals surface area contributed by atoms with Gasteiger partial charge in [0.05, 0.1) is 18.6 Å². The lowest BCUT2D eigenvalue weighted by Gasteiger charge is -2.22. The smallest absolute Gasteiger partial charge is 0.243 e. The minimum atomic E-state index is -3.96. The predicted molar refractivity (Wildman–Crippen MR) is 125 cm³/mol. The van der Waals surface area contributed by atoms with Gasteiger partial charge in [-0.2, -0.15) is 4.31 Å². The zero-order valence-corrected chi connectivity index (χ0v) is 19.6. The maximum atomic E-state index is 13.3. The van der Waals surface area contributed by atoms with E-state index in [2.05, 4.69) is 5.32 Å². The quantitative estimate of drug-likeness (QED) is 0.476. The van der Waals surface area contributed by atoms with E-state index in [0.29, 0.717) is 21.4 Å². The summed E-state index contributed by atoms with van der Waals surface area (Å²) in [7, 11) is -2.39. The molecule has 1 amide bonds. The fourth-order valence-electron chi connectivity index (χ4n) is 2.98. The summed E-state index contributed by atoms with van der Waals surface area (Å²) in [6, 6.07) is 19.9. The van der Waals surface area contributed by atoms with Gasteiger partial charge in [-0.3, -0.25) is 4.79 Å². The zero-order valence-electron chi connectivity index (χ0n) is 17.3. The van der Waals surface area contributed by atoms with Gasteiger partial charge in [0.2, 0.25) is 15.9 Å². The van der Waals surface area contributed by atoms with Crippen LogP contribution in [0.4, 0.5) is 0 Å². The van der Waals surface area contributed by atoms with Crippen molar-refractivity contribution in [1.82, 2.24) is 9.62 Å². The van der Waals surface area contributed by atoms with E-state index >= 15 is 0 Å². The molecule has 0 fully saturated rings. The van der Waals surface area contributed by atoms with Crippen molar-refractivity contribution in [2.75, 3.05) is 13.7 Å². The number of halogens is 2. The van der Waals surface area contributed by atoms with Crippen molar-refractivity contribution in [1.29, 1.82) is 0 Å². The number of hydrogen-bond donors (Lipinski definition) is 1. The summed E-state index contributed by atoms with van der Waals surface area (Å²) in [5.74, 6) is 0.280. The molecule has 0 spiro atoms. The Bertz CT molecular complexity index is 1170. The van der Waals surface area contributed by atoms with Crippen molar-refractivity contribution < 1.29 is 17.9 Å². The van der Waals surface area contributed by atoms with E-state index in [1.807, 2.05) is 12.1 Å². The maximum Gasteiger partial charge on any atom is 0.243 e. The van der Waals surface area contributed by atoms with Gasteiger partial charge in [0.1, 0.15) is 5.75 Å². The molecule has 0 aliphatic rings. The van der Waals surface area contributed by atoms with Crippen molar-refractivity contribution in [3.05, 3.63) is 94.0 Å². The van der Waals surface area contributed by atoms with Gasteiger partial charge in [0, 0.05) is 23.1 Å². The molecular weight excluding hydrogens is 471 g/mol. The predicted octanol–water partition coefficient (Wildman–Crippen LogP) is 4.51. The number of nitrogens with zero attached hydrogens (tertiary/aromatic N) is 1. The molecule has 6 nitrogen and oxygen atoms in total. The summed E-state index contributed by atoms with van der Waals surface area (Å²) in [6.07, 6.45) is 0. The molecule has 0 heterocycles. The number of carbonyl (C=O) groups excluding carboxylic acids is 1. The second kappa shape index (κ2) is 10.8. The molecule has 9 heteroatoms. The standard InChI is InChI=1S/C23H22Cl2N2O4S/c1-31-21-9-5-17(6-10-21)14-26-23(28)16-27(15-18-3-2-4-20(25)13-18)32(29,30)22-11-7-19(24)8-12-22/h2-13H,14-16H2,1H3,(H,26,28). The van der Waals surface area contributed by atoms with Gasteiger partial charge in [-0.05, 0) is 59.7 Å². The van der Waals surface area contributed by atoms with Crippen LogP contribution < -0.4 is 10.1 Å². The van der Waals surface area contributed by atoms with E-state index in [1.54, 1.807) is 43.5 Å². The molecular formula is C23H22Cl2N2O4S. The SMILES string of the molecule is COc1ccc(CNC(=O)CN(Cc2cccc(Cl)c2)S(=O)(=O)c2ccc(Cl)cc2)cc1. The second-order valence-corrected chi connectivity index (χ2v) is 9.79. The van der Waals surface area contributed by atoms with Crippen molar-refractivity contribution in [2.24, 2.45) is 0 Å². The minimum Gasteiger partial charge on any atom is -0.497 e. The van der Waals surface area contributed by atoms with E-state index in [4.69, 9.17) is 27.9 Å². The van der Waals surface area contributed by atoms with Crippen LogP contribution in [0.15, 0.2) is 77.7 Å². The van der Waals surface area contributed by atoms with Crippen molar-refractivity contribution >= 4 is 39.1 Å². The molecule has 1 N–H and O–H groups in total. The number of benzene rings is 3. The summed E-state index contributed by atoms with van der Waals surface area (Å²) in [4.78, 5) is 12.7. The second-order valence-electron chi connectivity index (χ2n) is 6.98. The first kappa shape index (κ1) is 24.1. The molecule has 168 valence electrons. The summed E-state index contributed by atoms with van der Waals surface area (Å²) in [5, 5.41) is 3.66. The molecule has 0 aliphatic carbocycles. The van der Waals surface area contributed by atoms with Gasteiger partial charge in [0.15, 0.2) is 0 Å². The molecule has 0 atom stereocenters. The Kier molecular flexibility index (Phi) is 8.15. The minimum absolute atomic E-state index is 0.0124. The molecule has 0 unspecified atom stereocenters. The molecule has 0 saturated heterocycles. The fourth-order valence-corrected chi connectivity index (χ4v) is 4.70. The summed E-state index contributed by atoms with van der Waals surface area (Å²) in [6.45, 7) is -0.107. The first-order chi connectivity index (χ1) is 15.3. The number of methoxy groups -OCH3 is 1. The maximum absolute atomic E-state index is 13.3. The lowest BCUT2D eigenvalue weighted by molar-refractivity contribution is -0.121. The van der Waals surface area contributed by atoms with Crippen LogP contribution in [0.2, 0.25) is 10.0 Å². The van der Waals surface area contributed by atoms with Crippen molar-refractivity contribution in [3.8, 4) is 5.75 Å². The topological polar surface area (TPSA) is 75.7 Å². The van der Waals surface area contributed by atoms with Crippen LogP contribution in [0.3, 0.4) is 0 Å². The molecule has 0 aromatic heterocycles. The van der Waals surface area contributed by atoms with E-state index in [9.17, 15) is 13.2 Å². The lowest BCUT2D eigenvalue weighted by Crippen LogP contribution is -2.40. The summed E-state index contributed by atoms with van der Waals surface area (Å²) < 4.78 is 32.8. The molecule has 3 aromatic carbocycles. The Morgan fingerprint density at radius 1 is 0.938 bits per heavy atom. The van der Waals surface area contributed by atoms with Gasteiger partial charge in [-0.15, -0.1) is 0 Å². The summed E-state index contributed by atoms with van der Waals surface area (Å²) in [5.41, 5.74) is 1.53. The van der Waals surface area contributed by atoms with Gasteiger partial charge >= 0.3 is 0 Å². The monoisotopic (exact) mass is 492 g/mol. The highest BCUT2D eigenvalue weighted by Crippen LogP contribution is 2.21. The number of amides is 1. The third kappa shape index (κ3) is 6.46. The molecule has 3 rings (SSSR count). The Labute approximate surface area is 197 Å². The number of carbonyl (C=O) groups is 1. The highest BCUT2D eigenvalue weighted by atomic mass is 35.5. The first-order valence-corrected chi connectivity index (χ1v) is 11.9. The Morgan fingerprint density at radius 3 is 2.25 bits per heavy atom. The van der Waals surface area contributed by atoms with Crippen LogP contribution in [0.25, 0.3) is 0 Å². The number of nitrogens with one attached hydrogen (secondary N) is 1. The number of ether oxygens (including phenoxy) is 1. The Morgan fingerprint density at radius 2 is 1.62 bits per heavy atom. The van der Waals surface area contributed by atoms with Gasteiger partial charge < -0.3 is 10.1 Å². The zero-order chi connectivity index (χ0) is 23.1. The molecule has 0 bridgehead atoms. The first-order valence-electron chi connectivity index (χ1n) is 9.68. The van der Waals surface area contributed by atoms with E-state index < -0.39 is 15.9 Å². The highest BCUT2D eigenvalue weighted by molar-refractivity contribution is 7.89. The van der Waals surface area contributed by atoms with Gasteiger partial charge in [-0.25, -0.2) is 8.42 Å². The molecule has 32 heavy (non-hydrogen) atoms. The van der Waals surface area contributed by atoms with Crippen LogP contribution >= 0.6 is 23.2 Å². The highest BCUT2D eigenvalue weighted by Gasteiger charge is 2.27. The van der Waals surface area contributed by atoms with Crippen LogP contribution in [-0.4, -0.2) is 32.3 Å². The van der Waals surface area contributed by atoms with Crippen LogP contribution in [0.5, 0.6) is 5.75 Å². The number of hydrogen-bond acceptors (Lipinski definition) is 4.